The van der Waals surface area contributed by atoms with E-state index in [4.69, 9.17) is 31.4 Å². The second-order valence-electron chi connectivity index (χ2n) is 8.92. The number of rotatable bonds is 6. The summed E-state index contributed by atoms with van der Waals surface area (Å²) in [5, 5.41) is 44.3. The number of carbonyl (C=O) groups is 1. The van der Waals surface area contributed by atoms with Crippen LogP contribution in [0, 0.1) is 0 Å². The molecule has 33 heavy (non-hydrogen) atoms. The average Bonchev–Trinajstić information content (AvgIpc) is 3.37. The molecule has 1 heterocycles. The van der Waals surface area contributed by atoms with E-state index in [1.807, 2.05) is 0 Å². The number of amides is 1. The van der Waals surface area contributed by atoms with Crippen LogP contribution < -0.4 is 28.3 Å². The minimum absolute atomic E-state index is 0.00464. The molecule has 14 nitrogen and oxygen atoms in total. The largest absolute Gasteiger partial charge is 0.388 e. The maximum Gasteiger partial charge on any atom is 0.254 e. The molecule has 1 saturated heterocycles. The van der Waals surface area contributed by atoms with Gasteiger partial charge in [0.1, 0.15) is 24.4 Å². The number of aliphatic hydroxyl groups is 4. The van der Waals surface area contributed by atoms with E-state index in [-0.39, 0.29) is 31.8 Å². The van der Waals surface area contributed by atoms with Crippen LogP contribution in [0.2, 0.25) is 0 Å². The predicted molar refractivity (Wildman–Crippen MR) is 116 cm³/mol. The van der Waals surface area contributed by atoms with Gasteiger partial charge in [0.05, 0.1) is 24.3 Å². The molecule has 3 aliphatic rings. The lowest BCUT2D eigenvalue weighted by molar-refractivity contribution is -0.290. The summed E-state index contributed by atoms with van der Waals surface area (Å²) in [7, 11) is 2.89. The lowest BCUT2D eigenvalue weighted by Gasteiger charge is -2.46. The predicted octanol–water partition coefficient (Wildman–Crippen LogP) is -4.83. The fraction of sp³-hybridized carbons (Fsp3) is 0.895. The first-order valence-corrected chi connectivity index (χ1v) is 10.7. The molecule has 0 spiro atoms. The number of ether oxygens (including phenoxy) is 3. The number of aliphatic hydroxyl groups excluding tert-OH is 2. The molecule has 13 N–H and O–H groups in total. The van der Waals surface area contributed by atoms with Gasteiger partial charge in [-0.2, -0.15) is 0 Å². The summed E-state index contributed by atoms with van der Waals surface area (Å²) >= 11 is 0. The van der Waals surface area contributed by atoms with Crippen molar-refractivity contribution in [3.63, 3.8) is 0 Å². The molecule has 14 heteroatoms. The van der Waals surface area contributed by atoms with Gasteiger partial charge in [0.15, 0.2) is 17.9 Å². The van der Waals surface area contributed by atoms with Crippen molar-refractivity contribution in [1.82, 2.24) is 5.32 Å². The minimum Gasteiger partial charge on any atom is -0.388 e. The standard InChI is InChI=1S/C18H33N5O8.CH5N/c1-17(27)4-9(24)14(30-6-17)31-13-8(3-7(19)12(29-2)11(13)25)22-15(26)18(28)5-10(18)23-16(20)21;1-2/h7-14,24-25,27-28H,3-6,19H2,1-2H3,(H,22,26)(H4,20,21,23);2H2,1H3/t7?,8?,9?,10?,11?,12-,13+,14?,17-,18?;/m1./s1. The molecule has 0 radical (unpaired) electrons. The number of nitrogens with zero attached hydrogens (tertiary/aromatic N) is 1. The number of nitrogens with two attached hydrogens (primary N) is 4. The van der Waals surface area contributed by atoms with Crippen molar-refractivity contribution in [2.24, 2.45) is 27.9 Å². The van der Waals surface area contributed by atoms with Gasteiger partial charge in [-0.15, -0.1) is 0 Å². The highest BCUT2D eigenvalue weighted by atomic mass is 16.7. The molecule has 2 saturated carbocycles. The summed E-state index contributed by atoms with van der Waals surface area (Å²) < 4.78 is 16.6. The van der Waals surface area contributed by atoms with Gasteiger partial charge < -0.3 is 62.9 Å². The average molecular weight is 479 g/mol. The number of aliphatic imine (C=N–C) groups is 1. The van der Waals surface area contributed by atoms with E-state index in [2.05, 4.69) is 16.0 Å². The van der Waals surface area contributed by atoms with Crippen molar-refractivity contribution in [1.29, 1.82) is 0 Å². The second-order valence-corrected chi connectivity index (χ2v) is 8.92. The molecule has 3 fully saturated rings. The Labute approximate surface area is 192 Å². The van der Waals surface area contributed by atoms with E-state index < -0.39 is 65.9 Å². The van der Waals surface area contributed by atoms with Crippen LogP contribution in [0.25, 0.3) is 0 Å². The Morgan fingerprint density at radius 1 is 1.18 bits per heavy atom. The maximum atomic E-state index is 12.7. The van der Waals surface area contributed by atoms with Crippen molar-refractivity contribution >= 4 is 11.9 Å². The van der Waals surface area contributed by atoms with Crippen molar-refractivity contribution in [2.45, 2.75) is 86.2 Å². The van der Waals surface area contributed by atoms with Gasteiger partial charge in [0, 0.05) is 26.0 Å². The molecule has 7 unspecified atom stereocenters. The third-order valence-electron chi connectivity index (χ3n) is 6.01. The van der Waals surface area contributed by atoms with Gasteiger partial charge in [0.2, 0.25) is 0 Å². The summed E-state index contributed by atoms with van der Waals surface area (Å²) in [5.74, 6) is -0.975. The molecular formula is C19H38N6O8. The quantitative estimate of drug-likeness (QED) is 0.129. The summed E-state index contributed by atoms with van der Waals surface area (Å²) in [6.07, 6.45) is -5.23. The first kappa shape index (κ1) is 27.6. The van der Waals surface area contributed by atoms with Gasteiger partial charge in [-0.1, -0.05) is 0 Å². The third kappa shape index (κ3) is 6.29. The number of methoxy groups -OCH3 is 1. The topological polar surface area (TPSA) is 254 Å². The number of hydrogen-bond acceptors (Lipinski definition) is 11. The van der Waals surface area contributed by atoms with E-state index in [1.54, 1.807) is 0 Å². The molecular weight excluding hydrogens is 440 g/mol. The highest BCUT2D eigenvalue weighted by molar-refractivity contribution is 5.90. The van der Waals surface area contributed by atoms with Crippen LogP contribution in [-0.4, -0.2) is 113 Å². The van der Waals surface area contributed by atoms with E-state index in [0.29, 0.717) is 0 Å². The molecule has 10 atom stereocenters. The van der Waals surface area contributed by atoms with Crippen LogP contribution in [0.15, 0.2) is 4.99 Å². The minimum atomic E-state index is -1.78. The highest BCUT2D eigenvalue weighted by Gasteiger charge is 2.61. The van der Waals surface area contributed by atoms with E-state index >= 15 is 0 Å². The third-order valence-corrected chi connectivity index (χ3v) is 6.01. The fourth-order valence-corrected chi connectivity index (χ4v) is 4.24. The number of nitrogens with one attached hydrogen (secondary N) is 1. The van der Waals surface area contributed by atoms with Crippen molar-refractivity contribution in [3.05, 3.63) is 0 Å². The lowest BCUT2D eigenvalue weighted by atomic mass is 9.83. The fourth-order valence-electron chi connectivity index (χ4n) is 4.24. The normalized spacial score (nSPS) is 44.8. The van der Waals surface area contributed by atoms with Gasteiger partial charge in [0.25, 0.3) is 5.91 Å². The van der Waals surface area contributed by atoms with Crippen molar-refractivity contribution < 1.29 is 39.4 Å². The van der Waals surface area contributed by atoms with Crippen molar-refractivity contribution in [3.8, 4) is 0 Å². The Morgan fingerprint density at radius 3 is 2.36 bits per heavy atom. The van der Waals surface area contributed by atoms with Crippen LogP contribution in [0.3, 0.4) is 0 Å². The first-order valence-electron chi connectivity index (χ1n) is 10.7. The Hall–Kier alpha value is -1.62. The zero-order valence-electron chi connectivity index (χ0n) is 19.1. The van der Waals surface area contributed by atoms with Gasteiger partial charge in [-0.25, -0.2) is 4.99 Å². The monoisotopic (exact) mass is 478 g/mol. The number of carbonyl (C=O) groups excluding carboxylic acids is 1. The molecule has 3 rings (SSSR count). The van der Waals surface area contributed by atoms with E-state index in [9.17, 15) is 25.2 Å². The number of guanidine groups is 1. The zero-order chi connectivity index (χ0) is 25.1. The van der Waals surface area contributed by atoms with Gasteiger partial charge >= 0.3 is 0 Å². The molecule has 0 aromatic carbocycles. The molecule has 192 valence electrons. The summed E-state index contributed by atoms with van der Waals surface area (Å²) in [5.41, 5.74) is 18.2. The van der Waals surface area contributed by atoms with E-state index in [1.165, 1.54) is 21.1 Å². The Balaban J connectivity index is 0.00000187. The summed E-state index contributed by atoms with van der Waals surface area (Å²) in [4.78, 5) is 16.5. The molecule has 2 aliphatic carbocycles. The molecule has 0 aromatic heterocycles. The maximum absolute atomic E-state index is 12.7. The van der Waals surface area contributed by atoms with E-state index in [0.717, 1.165) is 0 Å². The van der Waals surface area contributed by atoms with Crippen LogP contribution in [-0.2, 0) is 19.0 Å². The smallest absolute Gasteiger partial charge is 0.254 e. The first-order chi connectivity index (χ1) is 15.4. The Kier molecular flexibility index (Phi) is 9.00. The molecule has 0 aromatic rings. The molecule has 1 aliphatic heterocycles. The van der Waals surface area contributed by atoms with Gasteiger partial charge in [-0.05, 0) is 20.4 Å². The summed E-state index contributed by atoms with van der Waals surface area (Å²) in [6.45, 7) is 1.44. The zero-order valence-corrected chi connectivity index (χ0v) is 19.1. The number of hydrogen-bond donors (Lipinski definition) is 9. The Morgan fingerprint density at radius 2 is 1.82 bits per heavy atom. The second kappa shape index (κ2) is 10.8. The Bertz CT molecular complexity index is 708. The van der Waals surface area contributed by atoms with Crippen molar-refractivity contribution in [2.75, 3.05) is 20.8 Å². The molecule has 0 bridgehead atoms. The highest BCUT2D eigenvalue weighted by Crippen LogP contribution is 2.40. The molecule has 1 amide bonds. The van der Waals surface area contributed by atoms with Crippen LogP contribution in [0.4, 0.5) is 0 Å². The van der Waals surface area contributed by atoms with Crippen LogP contribution in [0.5, 0.6) is 0 Å². The lowest BCUT2D eigenvalue weighted by Crippen LogP contribution is -2.66. The van der Waals surface area contributed by atoms with Gasteiger partial charge in [-0.3, -0.25) is 4.79 Å². The summed E-state index contributed by atoms with van der Waals surface area (Å²) in [6, 6.07) is -2.23. The van der Waals surface area contributed by atoms with Crippen LogP contribution >= 0.6 is 0 Å². The van der Waals surface area contributed by atoms with Crippen LogP contribution in [0.1, 0.15) is 26.2 Å². The SMILES string of the molecule is CN.CO[C@@H]1C(N)CC(NC(=O)C2(O)CC2N=C(N)N)[C@H](OC2OC[C@](C)(O)CC2O)C1O.